The van der Waals surface area contributed by atoms with Crippen molar-refractivity contribution in [1.82, 2.24) is 6.15 Å². The molecule has 0 atom stereocenters. The largest absolute Gasteiger partial charge is 0.344 e. The Labute approximate surface area is 445 Å². The van der Waals surface area contributed by atoms with Gasteiger partial charge in [0.1, 0.15) is 0 Å². The minimum absolute atomic E-state index is 0. The molecule has 37 heavy (non-hydrogen) atoms. The molecule has 0 radical (unpaired) electrons. The second-order valence-corrected chi connectivity index (χ2v) is 0. The van der Waals surface area contributed by atoms with Gasteiger partial charge in [-0.3, -0.25) is 0 Å². The topological polar surface area (TPSA) is 35.0 Å². The SMILES string of the molecule is Cl.Cl.Cl.Cl.Cl.Cl.Cl.Cl.Cl.Cl.Cl.Cl.Cl.Cl.Cl.Cl.Cl.Cl.Cl.Cl.Cl.Cl.Cl.Cl.Cl.Cl.Cl.Cl.Cl.Cl.Cl.Cl.Cl.Cl.Cl.Cl.N. The molecule has 0 aromatic heterocycles. The normalized spacial score (nSPS) is 0. The molecule has 0 aromatic rings. The van der Waals surface area contributed by atoms with Crippen LogP contribution in [0.4, 0.5) is 0 Å². The van der Waals surface area contributed by atoms with Crippen molar-refractivity contribution >= 4 is 447 Å². The van der Waals surface area contributed by atoms with E-state index in [1.807, 2.05) is 0 Å². The summed E-state index contributed by atoms with van der Waals surface area (Å²) in [7, 11) is 0. The lowest BCUT2D eigenvalue weighted by atomic mass is 14.0. The van der Waals surface area contributed by atoms with Crippen LogP contribution in [0.15, 0.2) is 0 Å². The van der Waals surface area contributed by atoms with Gasteiger partial charge >= 0.3 is 0 Å². The van der Waals surface area contributed by atoms with E-state index in [9.17, 15) is 0 Å². The maximum absolute atomic E-state index is 0. The van der Waals surface area contributed by atoms with Crippen molar-refractivity contribution in [2.75, 3.05) is 0 Å². The zero-order valence-electron chi connectivity index (χ0n) is 15.4. The van der Waals surface area contributed by atoms with Crippen molar-refractivity contribution in [2.24, 2.45) is 0 Å². The van der Waals surface area contributed by atoms with E-state index < -0.39 is 0 Å². The van der Waals surface area contributed by atoms with Gasteiger partial charge in [0.2, 0.25) is 0 Å². The summed E-state index contributed by atoms with van der Waals surface area (Å²) >= 11 is 0. The van der Waals surface area contributed by atoms with Gasteiger partial charge in [0.05, 0.1) is 0 Å². The second kappa shape index (κ2) is 884. The molecule has 0 aromatic carbocycles. The van der Waals surface area contributed by atoms with Crippen LogP contribution in [-0.2, 0) is 0 Å². The maximum atomic E-state index is 0. The van der Waals surface area contributed by atoms with Gasteiger partial charge in [-0.2, -0.15) is 0 Å². The van der Waals surface area contributed by atoms with Crippen LogP contribution < -0.4 is 6.15 Å². The average Bonchev–Trinajstić information content (AvgIpc) is 0. The fourth-order valence-corrected chi connectivity index (χ4v) is 0. The highest BCUT2D eigenvalue weighted by Gasteiger charge is -0.111. The molecule has 0 saturated carbocycles. The average molecular weight is 1330 g/mol. The zero-order chi connectivity index (χ0) is 0. The quantitative estimate of drug-likeness (QED) is 0.258. The predicted octanol–water partition coefficient (Wildman–Crippen LogP) is 15.3. The Hall–Kier alpha value is 10.4. The van der Waals surface area contributed by atoms with Crippen molar-refractivity contribution < 1.29 is 0 Å². The molecule has 1 nitrogen and oxygen atoms in total. The summed E-state index contributed by atoms with van der Waals surface area (Å²) in [6.07, 6.45) is 0. The minimum atomic E-state index is 0. The minimum Gasteiger partial charge on any atom is -0.344 e. The number of hydrogen-bond acceptors (Lipinski definition) is 1. The molecular weight excluding hydrogens is 1290 g/mol. The van der Waals surface area contributed by atoms with Gasteiger partial charge in [0.25, 0.3) is 0 Å². The molecule has 0 aliphatic carbocycles. The van der Waals surface area contributed by atoms with Gasteiger partial charge in [-0.05, 0) is 0 Å². The summed E-state index contributed by atoms with van der Waals surface area (Å²) in [5.74, 6) is 0. The van der Waals surface area contributed by atoms with Crippen LogP contribution in [0.2, 0.25) is 0 Å². The first-order valence-corrected chi connectivity index (χ1v) is 0. The second-order valence-electron chi connectivity index (χ2n) is 0. The number of rotatable bonds is 0. The first kappa shape index (κ1) is 944. The molecule has 0 heterocycles. The first-order valence-electron chi connectivity index (χ1n) is 0. The molecule has 0 aliphatic heterocycles. The third-order valence-electron chi connectivity index (χ3n) is 0. The summed E-state index contributed by atoms with van der Waals surface area (Å²) in [6.45, 7) is 0. The fourth-order valence-electron chi connectivity index (χ4n) is 0. The number of halogens is 36. The van der Waals surface area contributed by atoms with E-state index in [0.717, 1.165) is 0 Å². The van der Waals surface area contributed by atoms with Crippen molar-refractivity contribution in [2.45, 2.75) is 0 Å². The molecule has 0 bridgehead atoms. The van der Waals surface area contributed by atoms with Gasteiger partial charge in [0.15, 0.2) is 0 Å². The van der Waals surface area contributed by atoms with Crippen molar-refractivity contribution in [3.8, 4) is 0 Å². The molecule has 0 saturated heterocycles. The van der Waals surface area contributed by atoms with Crippen molar-refractivity contribution in [3.63, 3.8) is 0 Å². The van der Waals surface area contributed by atoms with Gasteiger partial charge in [-0.15, -0.1) is 447 Å². The lowest BCUT2D eigenvalue weighted by molar-refractivity contribution is 2.13. The van der Waals surface area contributed by atoms with Crippen LogP contribution in [0.25, 0.3) is 0 Å². The van der Waals surface area contributed by atoms with E-state index in [1.54, 1.807) is 0 Å². The van der Waals surface area contributed by atoms with Gasteiger partial charge in [-0.1, -0.05) is 0 Å². The van der Waals surface area contributed by atoms with E-state index in [-0.39, 0.29) is 453 Å². The molecular formula is H39Cl36N. The van der Waals surface area contributed by atoms with E-state index >= 15 is 0 Å². The standard InChI is InChI=1S/36ClH.H3N/h36*1H;1H3. The van der Waals surface area contributed by atoms with E-state index in [0.29, 0.717) is 0 Å². The molecule has 0 spiro atoms. The van der Waals surface area contributed by atoms with Crippen molar-refractivity contribution in [1.29, 1.82) is 0 Å². The third-order valence-corrected chi connectivity index (χ3v) is 0. The Morgan fingerprint density at radius 3 is 0.0541 bits per heavy atom. The van der Waals surface area contributed by atoms with Gasteiger partial charge < -0.3 is 6.15 Å². The Morgan fingerprint density at radius 2 is 0.0541 bits per heavy atom. The number of hydrogen-bond donors (Lipinski definition) is 1. The summed E-state index contributed by atoms with van der Waals surface area (Å²) in [4.78, 5) is 0. The summed E-state index contributed by atoms with van der Waals surface area (Å²) in [5, 5.41) is 0. The van der Waals surface area contributed by atoms with Crippen LogP contribution in [0.1, 0.15) is 0 Å². The molecule has 296 valence electrons. The molecule has 3 N–H and O–H groups in total. The van der Waals surface area contributed by atoms with E-state index in [1.165, 1.54) is 0 Å². The van der Waals surface area contributed by atoms with Crippen LogP contribution in [-0.4, -0.2) is 0 Å². The Bertz CT molecular complexity index is 6.63. The Balaban J connectivity index is 0. The molecule has 0 fully saturated rings. The van der Waals surface area contributed by atoms with Crippen LogP contribution >= 0.6 is 447 Å². The molecule has 0 amide bonds. The van der Waals surface area contributed by atoms with Crippen molar-refractivity contribution in [3.05, 3.63) is 0 Å². The molecule has 0 rings (SSSR count). The first-order chi connectivity index (χ1) is 0. The van der Waals surface area contributed by atoms with E-state index in [2.05, 4.69) is 0 Å². The fraction of sp³-hybridized carbons (Fsp3) is 0. The van der Waals surface area contributed by atoms with Crippen LogP contribution in [0.3, 0.4) is 0 Å². The van der Waals surface area contributed by atoms with Gasteiger partial charge in [-0.25, -0.2) is 0 Å². The smallest absolute Gasteiger partial charge is 0.147 e. The zero-order valence-corrected chi connectivity index (χ0v) is 44.8. The van der Waals surface area contributed by atoms with Crippen LogP contribution in [0.5, 0.6) is 0 Å². The Morgan fingerprint density at radius 1 is 0.0541 bits per heavy atom. The summed E-state index contributed by atoms with van der Waals surface area (Å²) in [5.41, 5.74) is 0. The monoisotopic (exact) mass is 1310 g/mol. The third kappa shape index (κ3) is 846. The van der Waals surface area contributed by atoms with E-state index in [4.69, 9.17) is 0 Å². The summed E-state index contributed by atoms with van der Waals surface area (Å²) in [6, 6.07) is 0. The highest BCUT2D eigenvalue weighted by molar-refractivity contribution is 5.89. The highest BCUT2D eigenvalue weighted by atomic mass is 35.5. The highest BCUT2D eigenvalue weighted by Crippen LogP contribution is 0.725. The summed E-state index contributed by atoms with van der Waals surface area (Å²) < 4.78 is 0. The molecule has 37 heteroatoms. The predicted molar refractivity (Wildman–Crippen MR) is 266 cm³/mol. The molecule has 0 aliphatic rings. The Kier molecular flexibility index (Phi) is 22500. The maximum Gasteiger partial charge on any atom is -0.147 e. The van der Waals surface area contributed by atoms with Gasteiger partial charge in [0, 0.05) is 0 Å². The lowest BCUT2D eigenvalue weighted by Crippen LogP contribution is -0.481. The lowest BCUT2D eigenvalue weighted by Gasteiger charge is -0.344. The molecule has 0 unspecified atom stereocenters. The van der Waals surface area contributed by atoms with Crippen LogP contribution in [0, 0.1) is 0 Å².